The van der Waals surface area contributed by atoms with Gasteiger partial charge in [-0.2, -0.15) is 5.10 Å². The average molecular weight is 287 g/mol. The van der Waals surface area contributed by atoms with Crippen molar-refractivity contribution in [1.29, 1.82) is 0 Å². The van der Waals surface area contributed by atoms with Gasteiger partial charge in [-0.15, -0.1) is 0 Å². The molecule has 0 aliphatic heterocycles. The lowest BCUT2D eigenvalue weighted by molar-refractivity contribution is -0.385. The maximum atomic E-state index is 13.0. The molecule has 0 aliphatic carbocycles. The average Bonchev–Trinajstić information content (AvgIpc) is 2.47. The molecule has 2 rings (SSSR count). The van der Waals surface area contributed by atoms with E-state index in [0.29, 0.717) is 0 Å². The van der Waals surface area contributed by atoms with Crippen molar-refractivity contribution < 1.29 is 14.1 Å². The Morgan fingerprint density at radius 2 is 2.00 bits per heavy atom. The van der Waals surface area contributed by atoms with Crippen LogP contribution in [-0.2, 0) is 0 Å². The van der Waals surface area contributed by atoms with Crippen molar-refractivity contribution in [3.05, 3.63) is 75.6 Å². The quantitative estimate of drug-likeness (QED) is 0.532. The van der Waals surface area contributed by atoms with Crippen molar-refractivity contribution in [1.82, 2.24) is 5.43 Å². The number of rotatable bonds is 4. The van der Waals surface area contributed by atoms with Crippen molar-refractivity contribution >= 4 is 17.8 Å². The molecule has 6 nitrogen and oxygen atoms in total. The zero-order valence-corrected chi connectivity index (χ0v) is 10.7. The minimum Gasteiger partial charge on any atom is -0.267 e. The van der Waals surface area contributed by atoms with Crippen molar-refractivity contribution in [3.63, 3.8) is 0 Å². The van der Waals surface area contributed by atoms with Crippen molar-refractivity contribution in [3.8, 4) is 0 Å². The number of amides is 1. The first-order valence-corrected chi connectivity index (χ1v) is 5.90. The summed E-state index contributed by atoms with van der Waals surface area (Å²) >= 11 is 0. The summed E-state index contributed by atoms with van der Waals surface area (Å²) in [5, 5.41) is 14.4. The van der Waals surface area contributed by atoms with Crippen LogP contribution in [0, 0.1) is 15.9 Å². The molecule has 0 radical (unpaired) electrons. The lowest BCUT2D eigenvalue weighted by atomic mass is 10.2. The number of carbonyl (C=O) groups is 1. The van der Waals surface area contributed by atoms with Gasteiger partial charge in [0.1, 0.15) is 5.82 Å². The lowest BCUT2D eigenvalue weighted by Crippen LogP contribution is -2.17. The first kappa shape index (κ1) is 14.3. The fraction of sp³-hybridized carbons (Fsp3) is 0. The van der Waals surface area contributed by atoms with Crippen LogP contribution in [0.15, 0.2) is 53.6 Å². The molecule has 7 heteroatoms. The number of nitro groups is 1. The predicted octanol–water partition coefficient (Wildman–Crippen LogP) is 2.50. The molecule has 0 bridgehead atoms. The molecule has 0 aromatic heterocycles. The van der Waals surface area contributed by atoms with Crippen LogP contribution in [-0.4, -0.2) is 17.0 Å². The summed E-state index contributed by atoms with van der Waals surface area (Å²) in [5.74, 6) is -1.14. The number of nitrogens with zero attached hydrogens (tertiary/aromatic N) is 2. The van der Waals surface area contributed by atoms with Crippen LogP contribution in [0.3, 0.4) is 0 Å². The van der Waals surface area contributed by atoms with E-state index >= 15 is 0 Å². The van der Waals surface area contributed by atoms with Crippen LogP contribution in [0.2, 0.25) is 0 Å². The van der Waals surface area contributed by atoms with E-state index in [1.807, 2.05) is 0 Å². The molecule has 0 spiro atoms. The number of hydrogen-bond donors (Lipinski definition) is 1. The molecule has 0 fully saturated rings. The van der Waals surface area contributed by atoms with Crippen molar-refractivity contribution in [2.75, 3.05) is 0 Å². The molecule has 0 saturated heterocycles. The summed E-state index contributed by atoms with van der Waals surface area (Å²) in [5.41, 5.74) is 2.42. The molecule has 0 aliphatic rings. The standard InChI is InChI=1S/C14H10FN3O3/c15-12-6-3-5-10(8-12)14(19)17-16-9-11-4-1-2-7-13(11)18(20)21/h1-9H,(H,17,19)/b16-9+. The number of hydrogen-bond acceptors (Lipinski definition) is 4. The first-order valence-electron chi connectivity index (χ1n) is 5.90. The Hall–Kier alpha value is -3.09. The van der Waals surface area contributed by atoms with Gasteiger partial charge >= 0.3 is 0 Å². The van der Waals surface area contributed by atoms with Gasteiger partial charge in [-0.25, -0.2) is 9.82 Å². The Bertz CT molecular complexity index is 716. The Morgan fingerprint density at radius 3 is 2.71 bits per heavy atom. The maximum absolute atomic E-state index is 13.0. The smallest absolute Gasteiger partial charge is 0.267 e. The molecule has 0 heterocycles. The summed E-state index contributed by atoms with van der Waals surface area (Å²) in [6.07, 6.45) is 1.16. The van der Waals surface area contributed by atoms with Crippen molar-refractivity contribution in [2.45, 2.75) is 0 Å². The van der Waals surface area contributed by atoms with Gasteiger partial charge in [-0.05, 0) is 24.3 Å². The maximum Gasteiger partial charge on any atom is 0.278 e. The van der Waals surface area contributed by atoms with E-state index in [2.05, 4.69) is 10.5 Å². The van der Waals surface area contributed by atoms with E-state index in [4.69, 9.17) is 0 Å². The number of nitrogens with one attached hydrogen (secondary N) is 1. The van der Waals surface area contributed by atoms with Gasteiger partial charge in [-0.3, -0.25) is 14.9 Å². The molecule has 2 aromatic rings. The molecule has 1 amide bonds. The van der Waals surface area contributed by atoms with E-state index < -0.39 is 16.6 Å². The molecule has 0 saturated carbocycles. The highest BCUT2D eigenvalue weighted by Crippen LogP contribution is 2.15. The van der Waals surface area contributed by atoms with Gasteiger partial charge in [0.05, 0.1) is 16.7 Å². The van der Waals surface area contributed by atoms with Crippen molar-refractivity contribution in [2.24, 2.45) is 5.10 Å². The fourth-order valence-corrected chi connectivity index (χ4v) is 1.62. The SMILES string of the molecule is O=C(N/N=C/c1ccccc1[N+](=O)[O-])c1cccc(F)c1. The monoisotopic (exact) mass is 287 g/mol. The number of carbonyl (C=O) groups excluding carboxylic acids is 1. The molecular weight excluding hydrogens is 277 g/mol. The van der Waals surface area contributed by atoms with E-state index in [9.17, 15) is 19.3 Å². The van der Waals surface area contributed by atoms with Crippen LogP contribution < -0.4 is 5.43 Å². The predicted molar refractivity (Wildman–Crippen MR) is 74.6 cm³/mol. The topological polar surface area (TPSA) is 84.6 Å². The lowest BCUT2D eigenvalue weighted by Gasteiger charge is -2.00. The van der Waals surface area contributed by atoms with Crippen LogP contribution >= 0.6 is 0 Å². The third kappa shape index (κ3) is 3.69. The van der Waals surface area contributed by atoms with Gasteiger partial charge in [-0.1, -0.05) is 18.2 Å². The molecule has 0 unspecified atom stereocenters. The first-order chi connectivity index (χ1) is 10.1. The zero-order chi connectivity index (χ0) is 15.2. The molecular formula is C14H10FN3O3. The highest BCUT2D eigenvalue weighted by atomic mass is 19.1. The summed E-state index contributed by atoms with van der Waals surface area (Å²) in [6, 6.07) is 11.1. The molecule has 0 atom stereocenters. The largest absolute Gasteiger partial charge is 0.278 e. The fourth-order valence-electron chi connectivity index (χ4n) is 1.62. The number of para-hydroxylation sites is 1. The van der Waals surface area contributed by atoms with E-state index in [-0.39, 0.29) is 16.8 Å². The van der Waals surface area contributed by atoms with Crippen LogP contribution in [0.1, 0.15) is 15.9 Å². The summed E-state index contributed by atoms with van der Waals surface area (Å²) in [7, 11) is 0. The molecule has 2 aromatic carbocycles. The third-order valence-electron chi connectivity index (χ3n) is 2.59. The number of nitro benzene ring substituents is 1. The third-order valence-corrected chi connectivity index (χ3v) is 2.59. The molecule has 1 N–H and O–H groups in total. The Kier molecular flexibility index (Phi) is 4.35. The summed E-state index contributed by atoms with van der Waals surface area (Å²) in [6.45, 7) is 0. The van der Waals surface area contributed by atoms with E-state index in [1.54, 1.807) is 6.07 Å². The second-order valence-electron chi connectivity index (χ2n) is 4.03. The van der Waals surface area contributed by atoms with Gasteiger partial charge in [0.25, 0.3) is 11.6 Å². The Balaban J connectivity index is 2.09. The summed E-state index contributed by atoms with van der Waals surface area (Å²) < 4.78 is 13.0. The number of benzene rings is 2. The second kappa shape index (κ2) is 6.38. The van der Waals surface area contributed by atoms with Crippen LogP contribution in [0.5, 0.6) is 0 Å². The van der Waals surface area contributed by atoms with Crippen LogP contribution in [0.25, 0.3) is 0 Å². The van der Waals surface area contributed by atoms with Gasteiger partial charge in [0, 0.05) is 11.6 Å². The normalized spacial score (nSPS) is 10.5. The Morgan fingerprint density at radius 1 is 1.24 bits per heavy atom. The Labute approximate surface area is 119 Å². The van der Waals surface area contributed by atoms with Gasteiger partial charge < -0.3 is 0 Å². The number of halogens is 1. The summed E-state index contributed by atoms with van der Waals surface area (Å²) in [4.78, 5) is 21.9. The highest BCUT2D eigenvalue weighted by molar-refractivity contribution is 5.95. The number of hydrazone groups is 1. The van der Waals surface area contributed by atoms with E-state index in [1.165, 1.54) is 36.4 Å². The molecule has 21 heavy (non-hydrogen) atoms. The minimum atomic E-state index is -0.607. The minimum absolute atomic E-state index is 0.106. The highest BCUT2D eigenvalue weighted by Gasteiger charge is 2.10. The van der Waals surface area contributed by atoms with E-state index in [0.717, 1.165) is 12.3 Å². The van der Waals surface area contributed by atoms with Gasteiger partial charge in [0.15, 0.2) is 0 Å². The zero-order valence-electron chi connectivity index (χ0n) is 10.7. The van der Waals surface area contributed by atoms with Crippen LogP contribution in [0.4, 0.5) is 10.1 Å². The molecule has 106 valence electrons. The second-order valence-corrected chi connectivity index (χ2v) is 4.03. The van der Waals surface area contributed by atoms with Gasteiger partial charge in [0.2, 0.25) is 0 Å².